The monoisotopic (exact) mass is 241 g/mol. The molecular formula is C11H15NO5. The summed E-state index contributed by atoms with van der Waals surface area (Å²) in [6.45, 7) is 0. The number of nitrogens with zero attached hydrogens (tertiary/aromatic N) is 1. The topological polar surface area (TPSA) is 94.9 Å². The zero-order chi connectivity index (χ0) is 12.6. The maximum Gasteiger partial charge on any atom is 0.394 e. The Morgan fingerprint density at radius 3 is 2.29 bits per heavy atom. The Kier molecular flexibility index (Phi) is 3.04. The molecule has 6 nitrogen and oxygen atoms in total. The predicted octanol–water partition coefficient (Wildman–Crippen LogP) is 0.315. The van der Waals surface area contributed by atoms with Crippen molar-refractivity contribution in [1.82, 2.24) is 4.90 Å². The normalized spacial score (nSPS) is 32.0. The molecule has 1 aliphatic carbocycles. The van der Waals surface area contributed by atoms with Crippen LogP contribution in [0.2, 0.25) is 0 Å². The molecule has 1 heterocycles. The molecule has 2 rings (SSSR count). The number of carboxylic acid groups (broad SMARTS) is 2. The van der Waals surface area contributed by atoms with Crippen LogP contribution in [0.15, 0.2) is 0 Å². The Hall–Kier alpha value is -1.59. The Labute approximate surface area is 98.2 Å². The van der Waals surface area contributed by atoms with Crippen molar-refractivity contribution in [1.29, 1.82) is 0 Å². The number of fused-ring (bicyclic) bond motifs is 1. The van der Waals surface area contributed by atoms with Crippen LogP contribution in [-0.4, -0.2) is 45.0 Å². The summed E-state index contributed by atoms with van der Waals surface area (Å²) >= 11 is 0. The zero-order valence-electron chi connectivity index (χ0n) is 9.33. The van der Waals surface area contributed by atoms with Gasteiger partial charge in [0.05, 0.1) is 0 Å². The van der Waals surface area contributed by atoms with Crippen LogP contribution in [0.25, 0.3) is 0 Å². The fourth-order valence-electron chi connectivity index (χ4n) is 3.08. The van der Waals surface area contributed by atoms with Crippen LogP contribution >= 0.6 is 0 Å². The van der Waals surface area contributed by atoms with Gasteiger partial charge in [0.25, 0.3) is 0 Å². The molecule has 94 valence electrons. The zero-order valence-corrected chi connectivity index (χ0v) is 9.33. The summed E-state index contributed by atoms with van der Waals surface area (Å²) in [5.74, 6) is -3.60. The van der Waals surface area contributed by atoms with Crippen molar-refractivity contribution >= 4 is 17.8 Å². The quantitative estimate of drug-likeness (QED) is 0.644. The number of carbonyl (C=O) groups is 3. The van der Waals surface area contributed by atoms with Crippen LogP contribution in [0.4, 0.5) is 0 Å². The highest BCUT2D eigenvalue weighted by Gasteiger charge is 2.48. The lowest BCUT2D eigenvalue weighted by Crippen LogP contribution is -2.48. The molecule has 2 fully saturated rings. The predicted molar refractivity (Wildman–Crippen MR) is 56.3 cm³/mol. The first kappa shape index (κ1) is 11.9. The van der Waals surface area contributed by atoms with Crippen molar-refractivity contribution in [3.63, 3.8) is 0 Å². The van der Waals surface area contributed by atoms with E-state index in [1.807, 2.05) is 0 Å². The van der Waals surface area contributed by atoms with Gasteiger partial charge < -0.3 is 15.1 Å². The van der Waals surface area contributed by atoms with Crippen LogP contribution in [0.1, 0.15) is 32.1 Å². The van der Waals surface area contributed by atoms with Crippen molar-refractivity contribution in [3.05, 3.63) is 0 Å². The Morgan fingerprint density at radius 1 is 1.06 bits per heavy atom. The Bertz CT molecular complexity index is 367. The molecule has 0 aromatic heterocycles. The summed E-state index contributed by atoms with van der Waals surface area (Å²) < 4.78 is 0. The highest BCUT2D eigenvalue weighted by molar-refractivity contribution is 6.32. The van der Waals surface area contributed by atoms with Crippen LogP contribution < -0.4 is 0 Å². The van der Waals surface area contributed by atoms with Crippen molar-refractivity contribution in [3.8, 4) is 0 Å². The number of aliphatic carboxylic acids is 2. The molecule has 6 heteroatoms. The number of hydrogen-bond donors (Lipinski definition) is 2. The van der Waals surface area contributed by atoms with E-state index in [1.54, 1.807) is 0 Å². The van der Waals surface area contributed by atoms with Gasteiger partial charge in [-0.25, -0.2) is 9.59 Å². The first-order valence-corrected chi connectivity index (χ1v) is 5.80. The van der Waals surface area contributed by atoms with Gasteiger partial charge in [0.2, 0.25) is 0 Å². The van der Waals surface area contributed by atoms with Crippen LogP contribution in [-0.2, 0) is 14.4 Å². The summed E-state index contributed by atoms with van der Waals surface area (Å²) in [7, 11) is 0. The molecule has 0 spiro atoms. The summed E-state index contributed by atoms with van der Waals surface area (Å²) in [4.78, 5) is 34.5. The van der Waals surface area contributed by atoms with Crippen molar-refractivity contribution in [2.24, 2.45) is 5.92 Å². The number of rotatable bonds is 1. The van der Waals surface area contributed by atoms with E-state index in [2.05, 4.69) is 0 Å². The number of carboxylic acids is 2. The number of likely N-dealkylation sites (tertiary alicyclic amines) is 1. The maximum atomic E-state index is 11.6. The second-order valence-electron chi connectivity index (χ2n) is 4.72. The molecule has 2 N–H and O–H groups in total. The molecule has 1 saturated carbocycles. The minimum Gasteiger partial charge on any atom is -0.480 e. The molecule has 0 unspecified atom stereocenters. The molecule has 0 aromatic rings. The maximum absolute atomic E-state index is 11.6. The molecule has 3 atom stereocenters. The van der Waals surface area contributed by atoms with E-state index < -0.39 is 23.9 Å². The summed E-state index contributed by atoms with van der Waals surface area (Å²) in [6, 6.07) is -1.17. The summed E-state index contributed by atoms with van der Waals surface area (Å²) in [6.07, 6.45) is 3.95. The summed E-state index contributed by atoms with van der Waals surface area (Å²) in [5, 5.41) is 17.8. The van der Waals surface area contributed by atoms with E-state index in [0.717, 1.165) is 24.2 Å². The molecule has 17 heavy (non-hydrogen) atoms. The van der Waals surface area contributed by atoms with E-state index >= 15 is 0 Å². The highest BCUT2D eigenvalue weighted by Crippen LogP contribution is 2.39. The second kappa shape index (κ2) is 4.35. The van der Waals surface area contributed by atoms with Gasteiger partial charge in [-0.2, -0.15) is 0 Å². The smallest absolute Gasteiger partial charge is 0.394 e. The van der Waals surface area contributed by atoms with Crippen LogP contribution in [0.3, 0.4) is 0 Å². The van der Waals surface area contributed by atoms with Gasteiger partial charge >= 0.3 is 17.8 Å². The lowest BCUT2D eigenvalue weighted by atomic mass is 9.85. The molecule has 1 saturated heterocycles. The highest BCUT2D eigenvalue weighted by atomic mass is 16.4. The first-order valence-electron chi connectivity index (χ1n) is 5.80. The van der Waals surface area contributed by atoms with Crippen molar-refractivity contribution in [2.45, 2.75) is 44.2 Å². The number of amides is 1. The van der Waals surface area contributed by atoms with Gasteiger partial charge in [0.1, 0.15) is 6.04 Å². The lowest BCUT2D eigenvalue weighted by molar-refractivity contribution is -0.161. The van der Waals surface area contributed by atoms with E-state index in [4.69, 9.17) is 10.2 Å². The summed E-state index contributed by atoms with van der Waals surface area (Å²) in [5.41, 5.74) is 0. The minimum absolute atomic E-state index is 0.146. The Morgan fingerprint density at radius 2 is 1.71 bits per heavy atom. The molecule has 0 radical (unpaired) electrons. The SMILES string of the molecule is O=C(O)C(=O)N1[C@H](C(=O)O)C[C@@H]2CCCC[C@@H]21. The lowest BCUT2D eigenvalue weighted by Gasteiger charge is -2.31. The van der Waals surface area contributed by atoms with Crippen LogP contribution in [0, 0.1) is 5.92 Å². The molecule has 1 aliphatic heterocycles. The molecule has 0 aromatic carbocycles. The molecule has 2 aliphatic rings. The molecular weight excluding hydrogens is 226 g/mol. The van der Waals surface area contributed by atoms with Crippen molar-refractivity contribution in [2.75, 3.05) is 0 Å². The van der Waals surface area contributed by atoms with E-state index in [9.17, 15) is 14.4 Å². The fraction of sp³-hybridized carbons (Fsp3) is 0.727. The van der Waals surface area contributed by atoms with Crippen LogP contribution in [0.5, 0.6) is 0 Å². The van der Waals surface area contributed by atoms with E-state index in [0.29, 0.717) is 12.8 Å². The Balaban J connectivity index is 2.26. The largest absolute Gasteiger partial charge is 0.480 e. The first-order chi connectivity index (χ1) is 8.02. The average Bonchev–Trinajstić information content (AvgIpc) is 2.67. The van der Waals surface area contributed by atoms with Gasteiger partial charge in [-0.3, -0.25) is 4.79 Å². The van der Waals surface area contributed by atoms with Gasteiger partial charge in [0, 0.05) is 6.04 Å². The third-order valence-corrected chi connectivity index (χ3v) is 3.79. The van der Waals surface area contributed by atoms with Gasteiger partial charge in [0.15, 0.2) is 0 Å². The average molecular weight is 241 g/mol. The van der Waals surface area contributed by atoms with E-state index in [1.165, 1.54) is 0 Å². The third kappa shape index (κ3) is 1.99. The number of hydrogen-bond acceptors (Lipinski definition) is 3. The standard InChI is InChI=1S/C11H15NO5/c13-9(11(16)17)12-7-4-2-1-3-6(7)5-8(12)10(14)15/h6-8H,1-5H2,(H,14,15)(H,16,17)/t6-,7-,8-/m0/s1. The fourth-order valence-corrected chi connectivity index (χ4v) is 3.08. The van der Waals surface area contributed by atoms with Gasteiger partial charge in [-0.1, -0.05) is 12.8 Å². The number of carbonyl (C=O) groups excluding carboxylic acids is 1. The molecule has 0 bridgehead atoms. The molecule has 1 amide bonds. The minimum atomic E-state index is -1.57. The second-order valence-corrected chi connectivity index (χ2v) is 4.72. The van der Waals surface area contributed by atoms with Gasteiger partial charge in [-0.05, 0) is 25.2 Å². The van der Waals surface area contributed by atoms with Gasteiger partial charge in [-0.15, -0.1) is 0 Å². The van der Waals surface area contributed by atoms with E-state index in [-0.39, 0.29) is 12.0 Å². The third-order valence-electron chi connectivity index (χ3n) is 3.79. The van der Waals surface area contributed by atoms with Crippen molar-refractivity contribution < 1.29 is 24.6 Å².